The molecule has 88 valence electrons. The van der Waals surface area contributed by atoms with E-state index in [4.69, 9.17) is 5.73 Å². The molecule has 0 aromatic heterocycles. The molecule has 0 heterocycles. The molecule has 0 aliphatic heterocycles. The second kappa shape index (κ2) is 5.70. The lowest BCUT2D eigenvalue weighted by Gasteiger charge is -2.12. The van der Waals surface area contributed by atoms with Gasteiger partial charge in [-0.05, 0) is 25.3 Å². The van der Waals surface area contributed by atoms with Gasteiger partial charge in [-0.1, -0.05) is 12.1 Å². The Morgan fingerprint density at radius 3 is 2.56 bits per heavy atom. The number of unbranched alkanes of at least 4 members (excludes halogenated alkanes) is 1. The van der Waals surface area contributed by atoms with Gasteiger partial charge < -0.3 is 5.73 Å². The van der Waals surface area contributed by atoms with Gasteiger partial charge in [0.05, 0.1) is 0 Å². The van der Waals surface area contributed by atoms with E-state index < -0.39 is 23.5 Å². The van der Waals surface area contributed by atoms with Crippen LogP contribution >= 0.6 is 0 Å². The van der Waals surface area contributed by atoms with Crippen molar-refractivity contribution in [1.29, 1.82) is 0 Å². The summed E-state index contributed by atoms with van der Waals surface area (Å²) in [5, 5.41) is 0. The number of rotatable bonds is 5. The normalized spacial score (nSPS) is 12.5. The molecule has 0 aliphatic rings. The average molecular weight is 229 g/mol. The topological polar surface area (TPSA) is 26.0 Å². The molecule has 16 heavy (non-hydrogen) atoms. The van der Waals surface area contributed by atoms with Crippen LogP contribution in [-0.2, 0) is 0 Å². The van der Waals surface area contributed by atoms with E-state index in [2.05, 4.69) is 6.58 Å². The smallest absolute Gasteiger partial charge is 0.194 e. The highest BCUT2D eigenvalue weighted by molar-refractivity contribution is 5.23. The van der Waals surface area contributed by atoms with Crippen molar-refractivity contribution in [2.75, 3.05) is 0 Å². The van der Waals surface area contributed by atoms with E-state index in [1.54, 1.807) is 6.08 Å². The van der Waals surface area contributed by atoms with E-state index in [1.807, 2.05) is 0 Å². The maximum atomic E-state index is 13.3. The largest absolute Gasteiger partial charge is 0.324 e. The molecule has 0 amide bonds. The molecule has 0 saturated carbocycles. The molecule has 0 spiro atoms. The summed E-state index contributed by atoms with van der Waals surface area (Å²) in [6.45, 7) is 3.55. The molecule has 1 nitrogen and oxygen atoms in total. The van der Waals surface area contributed by atoms with Crippen LogP contribution in [-0.4, -0.2) is 0 Å². The van der Waals surface area contributed by atoms with Gasteiger partial charge in [0.2, 0.25) is 0 Å². The molecule has 1 atom stereocenters. The van der Waals surface area contributed by atoms with Crippen molar-refractivity contribution in [3.05, 3.63) is 47.8 Å². The Balaban J connectivity index is 2.79. The summed E-state index contributed by atoms with van der Waals surface area (Å²) in [7, 11) is 0. The van der Waals surface area contributed by atoms with E-state index >= 15 is 0 Å². The summed E-state index contributed by atoms with van der Waals surface area (Å²) in [5.41, 5.74) is 5.71. The standard InChI is InChI=1S/C12H14F3N/c1-2-3-4-5-10(16)8-6-7-9(13)12(15)11(8)14/h2,6-7,10H,1,3-5,16H2. The van der Waals surface area contributed by atoms with Gasteiger partial charge in [-0.2, -0.15) is 0 Å². The molecule has 2 N–H and O–H groups in total. The third-order valence-corrected chi connectivity index (χ3v) is 2.39. The zero-order chi connectivity index (χ0) is 12.1. The first-order chi connectivity index (χ1) is 7.57. The zero-order valence-electron chi connectivity index (χ0n) is 8.85. The molecule has 0 bridgehead atoms. The van der Waals surface area contributed by atoms with Crippen LogP contribution in [0.4, 0.5) is 13.2 Å². The highest BCUT2D eigenvalue weighted by atomic mass is 19.2. The van der Waals surface area contributed by atoms with Crippen LogP contribution in [0.2, 0.25) is 0 Å². The summed E-state index contributed by atoms with van der Waals surface area (Å²) >= 11 is 0. The lowest BCUT2D eigenvalue weighted by Crippen LogP contribution is -2.13. The van der Waals surface area contributed by atoms with E-state index in [9.17, 15) is 13.2 Å². The van der Waals surface area contributed by atoms with Crippen molar-refractivity contribution in [1.82, 2.24) is 0 Å². The van der Waals surface area contributed by atoms with Crippen molar-refractivity contribution < 1.29 is 13.2 Å². The van der Waals surface area contributed by atoms with Crippen LogP contribution in [0, 0.1) is 17.5 Å². The van der Waals surface area contributed by atoms with Gasteiger partial charge in [-0.3, -0.25) is 0 Å². The fourth-order valence-electron chi connectivity index (χ4n) is 1.46. The summed E-state index contributed by atoms with van der Waals surface area (Å²) < 4.78 is 38.9. The predicted molar refractivity (Wildman–Crippen MR) is 57.3 cm³/mol. The number of nitrogens with two attached hydrogens (primary N) is 1. The van der Waals surface area contributed by atoms with Crippen molar-refractivity contribution in [2.24, 2.45) is 5.73 Å². The number of allylic oxidation sites excluding steroid dienone is 1. The first-order valence-corrected chi connectivity index (χ1v) is 5.07. The highest BCUT2D eigenvalue weighted by Crippen LogP contribution is 2.23. The zero-order valence-corrected chi connectivity index (χ0v) is 8.85. The van der Waals surface area contributed by atoms with Crippen molar-refractivity contribution >= 4 is 0 Å². The Bertz CT molecular complexity index is 377. The lowest BCUT2D eigenvalue weighted by atomic mass is 10.0. The molecule has 1 aromatic rings. The third-order valence-electron chi connectivity index (χ3n) is 2.39. The summed E-state index contributed by atoms with van der Waals surface area (Å²) in [4.78, 5) is 0. The van der Waals surface area contributed by atoms with Gasteiger partial charge in [0.25, 0.3) is 0 Å². The third kappa shape index (κ3) is 2.85. The minimum absolute atomic E-state index is 0.0166. The Kier molecular flexibility index (Phi) is 4.55. The summed E-state index contributed by atoms with van der Waals surface area (Å²) in [6, 6.07) is 1.46. The van der Waals surface area contributed by atoms with E-state index in [0.717, 1.165) is 18.9 Å². The molecule has 1 rings (SSSR count). The van der Waals surface area contributed by atoms with Gasteiger partial charge in [0.1, 0.15) is 0 Å². The molecule has 0 fully saturated rings. The molecule has 0 saturated heterocycles. The van der Waals surface area contributed by atoms with Crippen LogP contribution < -0.4 is 5.73 Å². The SMILES string of the molecule is C=CCCCC(N)c1ccc(F)c(F)c1F. The van der Waals surface area contributed by atoms with Gasteiger partial charge in [-0.15, -0.1) is 6.58 Å². The fraction of sp³-hybridized carbons (Fsp3) is 0.333. The van der Waals surface area contributed by atoms with E-state index in [1.165, 1.54) is 6.07 Å². The molecular weight excluding hydrogens is 215 g/mol. The first kappa shape index (κ1) is 12.8. The minimum atomic E-state index is -1.46. The van der Waals surface area contributed by atoms with E-state index in [0.29, 0.717) is 6.42 Å². The van der Waals surface area contributed by atoms with Crippen LogP contribution in [0.3, 0.4) is 0 Å². The Morgan fingerprint density at radius 2 is 1.94 bits per heavy atom. The predicted octanol–water partition coefficient (Wildman–Crippen LogP) is 3.46. The minimum Gasteiger partial charge on any atom is -0.324 e. The van der Waals surface area contributed by atoms with Crippen LogP contribution in [0.5, 0.6) is 0 Å². The van der Waals surface area contributed by atoms with Gasteiger partial charge in [0, 0.05) is 11.6 Å². The maximum Gasteiger partial charge on any atom is 0.194 e. The Hall–Kier alpha value is -1.29. The quantitative estimate of drug-likeness (QED) is 0.467. The van der Waals surface area contributed by atoms with Crippen molar-refractivity contribution in [2.45, 2.75) is 25.3 Å². The fourth-order valence-corrected chi connectivity index (χ4v) is 1.46. The first-order valence-electron chi connectivity index (χ1n) is 5.07. The van der Waals surface area contributed by atoms with E-state index in [-0.39, 0.29) is 5.56 Å². The second-order valence-electron chi connectivity index (χ2n) is 3.59. The molecule has 1 unspecified atom stereocenters. The van der Waals surface area contributed by atoms with Crippen LogP contribution in [0.15, 0.2) is 24.8 Å². The van der Waals surface area contributed by atoms with Gasteiger partial charge in [-0.25, -0.2) is 13.2 Å². The van der Waals surface area contributed by atoms with Gasteiger partial charge in [0.15, 0.2) is 17.5 Å². The molecule has 1 aromatic carbocycles. The highest BCUT2D eigenvalue weighted by Gasteiger charge is 2.17. The molecule has 0 radical (unpaired) electrons. The number of hydrogen-bond acceptors (Lipinski definition) is 1. The Labute approximate surface area is 92.8 Å². The number of halogens is 3. The van der Waals surface area contributed by atoms with Gasteiger partial charge >= 0.3 is 0 Å². The monoisotopic (exact) mass is 229 g/mol. The number of hydrogen-bond donors (Lipinski definition) is 1. The summed E-state index contributed by atoms with van der Waals surface area (Å²) in [6.07, 6.45) is 3.74. The molecule has 4 heteroatoms. The molecule has 0 aliphatic carbocycles. The van der Waals surface area contributed by atoms with Crippen LogP contribution in [0.1, 0.15) is 30.9 Å². The second-order valence-corrected chi connectivity index (χ2v) is 3.59. The average Bonchev–Trinajstić information content (AvgIpc) is 2.26. The molecular formula is C12H14F3N. The van der Waals surface area contributed by atoms with Crippen molar-refractivity contribution in [3.63, 3.8) is 0 Å². The van der Waals surface area contributed by atoms with Crippen LogP contribution in [0.25, 0.3) is 0 Å². The number of benzene rings is 1. The summed E-state index contributed by atoms with van der Waals surface area (Å²) in [5.74, 6) is -3.85. The lowest BCUT2D eigenvalue weighted by molar-refractivity contribution is 0.432. The van der Waals surface area contributed by atoms with Crippen molar-refractivity contribution in [3.8, 4) is 0 Å². The Morgan fingerprint density at radius 1 is 1.25 bits per heavy atom. The maximum absolute atomic E-state index is 13.3.